The summed E-state index contributed by atoms with van der Waals surface area (Å²) in [6.45, 7) is 8.10. The van der Waals surface area contributed by atoms with Gasteiger partial charge in [-0.15, -0.1) is 11.3 Å². The summed E-state index contributed by atoms with van der Waals surface area (Å²) in [7, 11) is 0. The van der Waals surface area contributed by atoms with Crippen molar-refractivity contribution in [3.63, 3.8) is 0 Å². The number of anilines is 1. The van der Waals surface area contributed by atoms with Crippen molar-refractivity contribution in [3.8, 4) is 11.3 Å². The molecule has 0 spiro atoms. The lowest BCUT2D eigenvalue weighted by atomic mass is 10.1. The fraction of sp³-hybridized carbons (Fsp3) is 0.238. The minimum atomic E-state index is -0.0102. The van der Waals surface area contributed by atoms with Crippen molar-refractivity contribution in [1.82, 2.24) is 4.98 Å². The van der Waals surface area contributed by atoms with Crippen LogP contribution in [0.5, 0.6) is 0 Å². The fourth-order valence-electron chi connectivity index (χ4n) is 2.82. The Kier molecular flexibility index (Phi) is 5.00. The van der Waals surface area contributed by atoms with Crippen LogP contribution in [0, 0.1) is 27.7 Å². The number of hydrogen-bond acceptors (Lipinski definition) is 3. The lowest BCUT2D eigenvalue weighted by Gasteiger charge is -2.09. The number of aryl methyl sites for hydroxylation is 4. The molecule has 3 aromatic rings. The maximum Gasteiger partial charge on any atom is 0.229 e. The first-order chi connectivity index (χ1) is 11.9. The Morgan fingerprint density at radius 1 is 1.00 bits per heavy atom. The number of hydrogen-bond donors (Lipinski definition) is 1. The maximum absolute atomic E-state index is 12.5. The highest BCUT2D eigenvalue weighted by molar-refractivity contribution is 7.12. The van der Waals surface area contributed by atoms with E-state index in [-0.39, 0.29) is 5.91 Å². The van der Waals surface area contributed by atoms with Gasteiger partial charge in [-0.3, -0.25) is 4.79 Å². The van der Waals surface area contributed by atoms with E-state index in [4.69, 9.17) is 0 Å². The minimum Gasteiger partial charge on any atom is -0.326 e. The number of carbonyl (C=O) groups is 1. The van der Waals surface area contributed by atoms with E-state index >= 15 is 0 Å². The summed E-state index contributed by atoms with van der Waals surface area (Å²) >= 11 is 1.59. The quantitative estimate of drug-likeness (QED) is 0.700. The average Bonchev–Trinajstić information content (AvgIpc) is 2.91. The number of carbonyl (C=O) groups excluding carboxylic acids is 1. The van der Waals surface area contributed by atoms with Crippen molar-refractivity contribution in [1.29, 1.82) is 0 Å². The van der Waals surface area contributed by atoms with Gasteiger partial charge in [-0.25, -0.2) is 4.98 Å². The Labute approximate surface area is 152 Å². The van der Waals surface area contributed by atoms with Crippen molar-refractivity contribution in [2.24, 2.45) is 0 Å². The number of amides is 1. The lowest BCUT2D eigenvalue weighted by Crippen LogP contribution is -2.15. The molecular formula is C21H22N2OS. The predicted molar refractivity (Wildman–Crippen MR) is 105 cm³/mol. The molecular weight excluding hydrogens is 328 g/mol. The van der Waals surface area contributed by atoms with Crippen LogP contribution in [-0.4, -0.2) is 10.9 Å². The van der Waals surface area contributed by atoms with Gasteiger partial charge in [0.15, 0.2) is 0 Å². The van der Waals surface area contributed by atoms with Gasteiger partial charge in [0, 0.05) is 16.1 Å². The zero-order valence-corrected chi connectivity index (χ0v) is 15.8. The van der Waals surface area contributed by atoms with Gasteiger partial charge in [-0.05, 0) is 39.3 Å². The Balaban J connectivity index is 1.81. The third kappa shape index (κ3) is 4.15. The molecule has 0 atom stereocenters. The first-order valence-corrected chi connectivity index (χ1v) is 9.14. The highest BCUT2D eigenvalue weighted by Crippen LogP contribution is 2.29. The highest BCUT2D eigenvalue weighted by atomic mass is 32.1. The third-order valence-corrected chi connectivity index (χ3v) is 5.08. The van der Waals surface area contributed by atoms with Gasteiger partial charge in [-0.2, -0.15) is 0 Å². The van der Waals surface area contributed by atoms with Gasteiger partial charge < -0.3 is 5.32 Å². The van der Waals surface area contributed by atoms with Crippen LogP contribution in [0.3, 0.4) is 0 Å². The van der Waals surface area contributed by atoms with Crippen molar-refractivity contribution >= 4 is 22.9 Å². The van der Waals surface area contributed by atoms with E-state index in [1.54, 1.807) is 11.3 Å². The number of benzene rings is 2. The largest absolute Gasteiger partial charge is 0.326 e. The molecule has 0 radical (unpaired) electrons. The maximum atomic E-state index is 12.5. The molecule has 0 saturated carbocycles. The Bertz CT molecular complexity index is 910. The van der Waals surface area contributed by atoms with Crippen LogP contribution in [0.2, 0.25) is 0 Å². The van der Waals surface area contributed by atoms with Crippen molar-refractivity contribution < 1.29 is 4.79 Å². The van der Waals surface area contributed by atoms with E-state index in [9.17, 15) is 4.79 Å². The smallest absolute Gasteiger partial charge is 0.229 e. The van der Waals surface area contributed by atoms with Gasteiger partial charge in [0.1, 0.15) is 0 Å². The molecule has 0 bridgehead atoms. The lowest BCUT2D eigenvalue weighted by molar-refractivity contribution is -0.115. The van der Waals surface area contributed by atoms with Crippen LogP contribution in [0.4, 0.5) is 5.69 Å². The molecule has 3 rings (SSSR count). The first kappa shape index (κ1) is 17.4. The molecule has 0 aliphatic carbocycles. The standard InChI is InChI=1S/C21H22N2OS/c1-13-5-8-17(9-6-13)21-19(25-16(4)22-21)12-20(24)23-18-10-7-14(2)11-15(18)3/h5-11H,12H2,1-4H3,(H,23,24). The van der Waals surface area contributed by atoms with E-state index in [0.29, 0.717) is 6.42 Å². The van der Waals surface area contributed by atoms with Crippen LogP contribution in [0.15, 0.2) is 42.5 Å². The highest BCUT2D eigenvalue weighted by Gasteiger charge is 2.15. The van der Waals surface area contributed by atoms with E-state index in [2.05, 4.69) is 47.6 Å². The Morgan fingerprint density at radius 3 is 2.36 bits per heavy atom. The van der Waals surface area contributed by atoms with Gasteiger partial charge in [-0.1, -0.05) is 47.5 Å². The van der Waals surface area contributed by atoms with Gasteiger partial charge in [0.25, 0.3) is 0 Å². The van der Waals surface area contributed by atoms with Crippen LogP contribution in [0.25, 0.3) is 11.3 Å². The van der Waals surface area contributed by atoms with E-state index in [1.165, 1.54) is 11.1 Å². The second kappa shape index (κ2) is 7.19. The van der Waals surface area contributed by atoms with E-state index < -0.39 is 0 Å². The molecule has 0 unspecified atom stereocenters. The molecule has 0 aliphatic rings. The van der Waals surface area contributed by atoms with Gasteiger partial charge >= 0.3 is 0 Å². The molecule has 1 heterocycles. The summed E-state index contributed by atoms with van der Waals surface area (Å²) in [4.78, 5) is 18.2. The molecule has 2 aromatic carbocycles. The summed E-state index contributed by atoms with van der Waals surface area (Å²) in [6.07, 6.45) is 0.335. The molecule has 0 aliphatic heterocycles. The molecule has 3 nitrogen and oxygen atoms in total. The second-order valence-corrected chi connectivity index (χ2v) is 7.70. The molecule has 1 N–H and O–H groups in total. The molecule has 4 heteroatoms. The third-order valence-electron chi connectivity index (χ3n) is 4.11. The summed E-state index contributed by atoms with van der Waals surface area (Å²) in [5.41, 5.74) is 6.32. The molecule has 25 heavy (non-hydrogen) atoms. The number of nitrogens with one attached hydrogen (secondary N) is 1. The predicted octanol–water partition coefficient (Wildman–Crippen LogP) is 5.22. The molecule has 0 fully saturated rings. The van der Waals surface area contributed by atoms with Crippen LogP contribution >= 0.6 is 11.3 Å². The Hall–Kier alpha value is -2.46. The van der Waals surface area contributed by atoms with Gasteiger partial charge in [0.05, 0.1) is 17.1 Å². The summed E-state index contributed by atoms with van der Waals surface area (Å²) in [5.74, 6) is -0.0102. The van der Waals surface area contributed by atoms with Gasteiger partial charge in [0.2, 0.25) is 5.91 Å². The fourth-order valence-corrected chi connectivity index (χ4v) is 3.78. The Morgan fingerprint density at radius 2 is 1.68 bits per heavy atom. The zero-order valence-electron chi connectivity index (χ0n) is 15.0. The molecule has 1 amide bonds. The van der Waals surface area contributed by atoms with Crippen molar-refractivity contribution in [2.75, 3.05) is 5.32 Å². The monoisotopic (exact) mass is 350 g/mol. The van der Waals surface area contributed by atoms with Crippen LogP contribution in [0.1, 0.15) is 26.6 Å². The SMILES string of the molecule is Cc1ccc(-c2nc(C)sc2CC(=O)Nc2ccc(C)cc2C)cc1. The summed E-state index contributed by atoms with van der Waals surface area (Å²) < 4.78 is 0. The minimum absolute atomic E-state index is 0.0102. The second-order valence-electron chi connectivity index (χ2n) is 6.41. The average molecular weight is 350 g/mol. The topological polar surface area (TPSA) is 42.0 Å². The molecule has 128 valence electrons. The molecule has 1 aromatic heterocycles. The normalized spacial score (nSPS) is 10.7. The number of nitrogens with zero attached hydrogens (tertiary/aromatic N) is 1. The van der Waals surface area contributed by atoms with Crippen molar-refractivity contribution in [2.45, 2.75) is 34.1 Å². The van der Waals surface area contributed by atoms with Crippen LogP contribution in [-0.2, 0) is 11.2 Å². The number of rotatable bonds is 4. The number of aromatic nitrogens is 1. The van der Waals surface area contributed by atoms with E-state index in [1.807, 2.05) is 32.9 Å². The van der Waals surface area contributed by atoms with Crippen LogP contribution < -0.4 is 5.32 Å². The summed E-state index contributed by atoms with van der Waals surface area (Å²) in [6, 6.07) is 14.3. The first-order valence-electron chi connectivity index (χ1n) is 8.33. The zero-order chi connectivity index (χ0) is 18.0. The molecule has 0 saturated heterocycles. The summed E-state index contributed by atoms with van der Waals surface area (Å²) in [5, 5.41) is 4.00. The van der Waals surface area contributed by atoms with Crippen molar-refractivity contribution in [3.05, 3.63) is 69.0 Å². The number of thiazole rings is 1. The van der Waals surface area contributed by atoms with E-state index in [0.717, 1.165) is 32.4 Å².